The number of methoxy groups -OCH3 is 1. The Balaban J connectivity index is 1.96. The summed E-state index contributed by atoms with van der Waals surface area (Å²) in [7, 11) is 3.40. The van der Waals surface area contributed by atoms with Gasteiger partial charge in [0.05, 0.1) is 26.0 Å². The second-order valence-corrected chi connectivity index (χ2v) is 6.14. The fraction of sp³-hybridized carbons (Fsp3) is 0.400. The van der Waals surface area contributed by atoms with Gasteiger partial charge in [-0.25, -0.2) is 0 Å². The van der Waals surface area contributed by atoms with E-state index in [1.807, 2.05) is 50.4 Å². The second kappa shape index (κ2) is 9.77. The molecule has 0 amide bonds. The number of nitrogens with zero attached hydrogens (tertiary/aromatic N) is 2. The van der Waals surface area contributed by atoms with Crippen LogP contribution < -0.4 is 15.4 Å². The van der Waals surface area contributed by atoms with Crippen molar-refractivity contribution in [1.29, 1.82) is 0 Å². The molecule has 0 aliphatic rings. The molecule has 1 heterocycles. The number of hydrogen-bond acceptors (Lipinski definition) is 4. The Hall–Kier alpha value is -2.60. The molecular formula is C20H28N4O2. The zero-order valence-electron chi connectivity index (χ0n) is 15.9. The summed E-state index contributed by atoms with van der Waals surface area (Å²) >= 11 is 0. The van der Waals surface area contributed by atoms with Crippen LogP contribution in [0.1, 0.15) is 28.3 Å². The number of aliphatic hydroxyl groups is 1. The van der Waals surface area contributed by atoms with Crippen LogP contribution in [0, 0.1) is 13.8 Å². The highest BCUT2D eigenvalue weighted by molar-refractivity contribution is 5.79. The smallest absolute Gasteiger partial charge is 0.191 e. The van der Waals surface area contributed by atoms with Gasteiger partial charge >= 0.3 is 0 Å². The molecule has 6 heteroatoms. The lowest BCUT2D eigenvalue weighted by Crippen LogP contribution is -2.39. The fourth-order valence-corrected chi connectivity index (χ4v) is 2.87. The summed E-state index contributed by atoms with van der Waals surface area (Å²) in [4.78, 5) is 8.73. The van der Waals surface area contributed by atoms with Crippen molar-refractivity contribution in [2.45, 2.75) is 26.3 Å². The molecule has 0 aliphatic heterocycles. The Labute approximate surface area is 155 Å². The van der Waals surface area contributed by atoms with E-state index in [1.54, 1.807) is 14.2 Å². The van der Waals surface area contributed by atoms with Crippen molar-refractivity contribution in [3.63, 3.8) is 0 Å². The lowest BCUT2D eigenvalue weighted by molar-refractivity contribution is 0.265. The molecule has 0 fully saturated rings. The third-order valence-corrected chi connectivity index (χ3v) is 4.40. The molecule has 0 saturated carbocycles. The van der Waals surface area contributed by atoms with Crippen LogP contribution in [0.3, 0.4) is 0 Å². The Morgan fingerprint density at radius 2 is 1.96 bits per heavy atom. The van der Waals surface area contributed by atoms with Gasteiger partial charge in [0.25, 0.3) is 0 Å². The maximum atomic E-state index is 9.67. The maximum Gasteiger partial charge on any atom is 0.191 e. The molecule has 0 saturated heterocycles. The first-order valence-corrected chi connectivity index (χ1v) is 8.70. The number of aryl methyl sites for hydroxylation is 1. The molecule has 140 valence electrons. The Bertz CT molecular complexity index is 732. The summed E-state index contributed by atoms with van der Waals surface area (Å²) in [6.07, 6.45) is 1.82. The average molecular weight is 356 g/mol. The van der Waals surface area contributed by atoms with E-state index in [0.717, 1.165) is 28.1 Å². The third-order valence-electron chi connectivity index (χ3n) is 4.40. The van der Waals surface area contributed by atoms with E-state index in [1.165, 1.54) is 0 Å². The van der Waals surface area contributed by atoms with Crippen LogP contribution in [0.25, 0.3) is 0 Å². The van der Waals surface area contributed by atoms with Crippen LogP contribution in [-0.4, -0.2) is 43.4 Å². The molecule has 2 rings (SSSR count). The normalized spacial score (nSPS) is 12.6. The van der Waals surface area contributed by atoms with Crippen LogP contribution >= 0.6 is 0 Å². The predicted octanol–water partition coefficient (Wildman–Crippen LogP) is 2.15. The Morgan fingerprint density at radius 3 is 2.58 bits per heavy atom. The van der Waals surface area contributed by atoms with Crippen molar-refractivity contribution in [2.75, 3.05) is 27.3 Å². The number of aliphatic imine (C=N–C) groups is 1. The predicted molar refractivity (Wildman–Crippen MR) is 105 cm³/mol. The number of hydrogen-bond donors (Lipinski definition) is 3. The van der Waals surface area contributed by atoms with Gasteiger partial charge in [-0.3, -0.25) is 9.98 Å². The zero-order chi connectivity index (χ0) is 18.9. The van der Waals surface area contributed by atoms with Crippen molar-refractivity contribution in [3.8, 4) is 5.75 Å². The largest absolute Gasteiger partial charge is 0.496 e. The summed E-state index contributed by atoms with van der Waals surface area (Å²) in [6, 6.07) is 9.96. The summed E-state index contributed by atoms with van der Waals surface area (Å²) in [5.74, 6) is 1.54. The molecule has 3 N–H and O–H groups in total. The number of pyridine rings is 1. The van der Waals surface area contributed by atoms with Gasteiger partial charge in [-0.05, 0) is 19.4 Å². The van der Waals surface area contributed by atoms with E-state index in [2.05, 4.69) is 20.6 Å². The van der Waals surface area contributed by atoms with E-state index in [0.29, 0.717) is 19.0 Å². The van der Waals surface area contributed by atoms with Crippen LogP contribution in [0.4, 0.5) is 0 Å². The maximum absolute atomic E-state index is 9.67. The number of aliphatic hydroxyl groups excluding tert-OH is 1. The van der Waals surface area contributed by atoms with Gasteiger partial charge in [-0.1, -0.05) is 30.3 Å². The van der Waals surface area contributed by atoms with E-state index in [4.69, 9.17) is 4.74 Å². The van der Waals surface area contributed by atoms with Gasteiger partial charge < -0.3 is 20.5 Å². The topological polar surface area (TPSA) is 78.8 Å². The SMILES string of the molecule is CN=C(NCc1ncc(C)c(OC)c1C)NCC(CO)c1ccccc1. The van der Waals surface area contributed by atoms with Crippen LogP contribution in [0.15, 0.2) is 41.5 Å². The molecular weight excluding hydrogens is 328 g/mol. The highest BCUT2D eigenvalue weighted by Gasteiger charge is 2.12. The first-order valence-electron chi connectivity index (χ1n) is 8.70. The van der Waals surface area contributed by atoms with Crippen molar-refractivity contribution in [2.24, 2.45) is 4.99 Å². The molecule has 26 heavy (non-hydrogen) atoms. The van der Waals surface area contributed by atoms with Gasteiger partial charge in [0.2, 0.25) is 0 Å². The van der Waals surface area contributed by atoms with E-state index in [9.17, 15) is 5.11 Å². The third kappa shape index (κ3) is 4.95. The van der Waals surface area contributed by atoms with Gasteiger partial charge in [0.1, 0.15) is 5.75 Å². The molecule has 6 nitrogen and oxygen atoms in total. The molecule has 0 aliphatic carbocycles. The Morgan fingerprint density at radius 1 is 1.23 bits per heavy atom. The minimum absolute atomic E-state index is 0.00841. The molecule has 0 radical (unpaired) electrons. The lowest BCUT2D eigenvalue weighted by Gasteiger charge is -2.18. The Kier molecular flexibility index (Phi) is 7.41. The second-order valence-electron chi connectivity index (χ2n) is 6.14. The first kappa shape index (κ1) is 19.7. The molecule has 2 aromatic rings. The highest BCUT2D eigenvalue weighted by atomic mass is 16.5. The standard InChI is InChI=1S/C20H28N4O2/c1-14-10-22-18(15(2)19(14)26-4)12-24-20(21-3)23-11-17(13-25)16-8-6-5-7-9-16/h5-10,17,25H,11-13H2,1-4H3,(H2,21,23,24). The van der Waals surface area contributed by atoms with Crippen LogP contribution in [0.2, 0.25) is 0 Å². The minimum Gasteiger partial charge on any atom is -0.496 e. The molecule has 0 bridgehead atoms. The van der Waals surface area contributed by atoms with Crippen molar-refractivity contribution >= 4 is 5.96 Å². The van der Waals surface area contributed by atoms with Gasteiger partial charge in [-0.15, -0.1) is 0 Å². The molecule has 1 aromatic heterocycles. The molecule has 1 aromatic carbocycles. The summed E-state index contributed by atoms with van der Waals surface area (Å²) in [5, 5.41) is 16.2. The number of guanidine groups is 1. The quantitative estimate of drug-likeness (QED) is 0.523. The van der Waals surface area contributed by atoms with E-state index in [-0.39, 0.29) is 12.5 Å². The van der Waals surface area contributed by atoms with Crippen LogP contribution in [0.5, 0.6) is 5.75 Å². The van der Waals surface area contributed by atoms with Crippen molar-refractivity contribution < 1.29 is 9.84 Å². The highest BCUT2D eigenvalue weighted by Crippen LogP contribution is 2.23. The lowest BCUT2D eigenvalue weighted by atomic mass is 10.0. The number of aromatic nitrogens is 1. The monoisotopic (exact) mass is 356 g/mol. The minimum atomic E-state index is 0.00841. The van der Waals surface area contributed by atoms with Crippen molar-refractivity contribution in [1.82, 2.24) is 15.6 Å². The fourth-order valence-electron chi connectivity index (χ4n) is 2.87. The molecule has 1 atom stereocenters. The van der Waals surface area contributed by atoms with Gasteiger partial charge in [-0.2, -0.15) is 0 Å². The van der Waals surface area contributed by atoms with Gasteiger partial charge in [0, 0.05) is 36.8 Å². The van der Waals surface area contributed by atoms with E-state index >= 15 is 0 Å². The molecule has 1 unspecified atom stereocenters. The van der Waals surface area contributed by atoms with E-state index < -0.39 is 0 Å². The summed E-state index contributed by atoms with van der Waals surface area (Å²) in [5.41, 5.74) is 4.05. The molecule has 0 spiro atoms. The van der Waals surface area contributed by atoms with Crippen molar-refractivity contribution in [3.05, 3.63) is 58.9 Å². The number of ether oxygens (including phenoxy) is 1. The van der Waals surface area contributed by atoms with Gasteiger partial charge in [0.15, 0.2) is 5.96 Å². The zero-order valence-corrected chi connectivity index (χ0v) is 15.9. The number of nitrogens with one attached hydrogen (secondary N) is 2. The first-order chi connectivity index (χ1) is 12.6. The summed E-state index contributed by atoms with van der Waals surface area (Å²) in [6.45, 7) is 5.18. The average Bonchev–Trinajstić information content (AvgIpc) is 2.67. The number of rotatable bonds is 7. The van der Waals surface area contributed by atoms with Crippen LogP contribution in [-0.2, 0) is 6.54 Å². The summed E-state index contributed by atoms with van der Waals surface area (Å²) < 4.78 is 5.45. The number of benzene rings is 1.